The van der Waals surface area contributed by atoms with Crippen LogP contribution in [0.4, 0.5) is 5.82 Å². The number of carbonyl (C=O) groups excluding carboxylic acids is 1. The van der Waals surface area contributed by atoms with Crippen LogP contribution in [-0.2, 0) is 18.4 Å². The molecule has 3 rings (SSSR count). The van der Waals surface area contributed by atoms with Gasteiger partial charge in [-0.1, -0.05) is 0 Å². The lowest BCUT2D eigenvalue weighted by molar-refractivity contribution is 0.102. The van der Waals surface area contributed by atoms with Crippen LogP contribution in [-0.4, -0.2) is 39.9 Å². The number of aryl methyl sites for hydroxylation is 2. The fraction of sp³-hybridized carbons (Fsp3) is 0.333. The van der Waals surface area contributed by atoms with Crippen molar-refractivity contribution >= 4 is 33.3 Å². The van der Waals surface area contributed by atoms with E-state index in [-0.39, 0.29) is 12.5 Å². The smallest absolute Gasteiger partial charge is 0.267 e. The average molecular weight is 347 g/mol. The van der Waals surface area contributed by atoms with E-state index in [1.54, 1.807) is 38.2 Å². The van der Waals surface area contributed by atoms with Gasteiger partial charge in [0.2, 0.25) is 5.88 Å². The van der Waals surface area contributed by atoms with E-state index in [1.807, 2.05) is 6.92 Å². The summed E-state index contributed by atoms with van der Waals surface area (Å²) in [6.07, 6.45) is 1.76. The van der Waals surface area contributed by atoms with E-state index in [1.165, 1.54) is 11.3 Å². The number of fused-ring (bicyclic) bond motifs is 1. The fourth-order valence-corrected chi connectivity index (χ4v) is 3.44. The second-order valence-electron chi connectivity index (χ2n) is 5.15. The zero-order valence-corrected chi connectivity index (χ0v) is 14.6. The minimum Gasteiger partial charge on any atom is -0.480 e. The van der Waals surface area contributed by atoms with Crippen LogP contribution in [0.1, 0.15) is 21.1 Å². The summed E-state index contributed by atoms with van der Waals surface area (Å²) in [4.78, 5) is 22.6. The molecule has 0 bridgehead atoms. The zero-order valence-electron chi connectivity index (χ0n) is 13.8. The van der Waals surface area contributed by atoms with Gasteiger partial charge in [0.25, 0.3) is 5.91 Å². The number of methoxy groups -OCH3 is 2. The van der Waals surface area contributed by atoms with Crippen LogP contribution in [0.3, 0.4) is 0 Å². The lowest BCUT2D eigenvalue weighted by atomic mass is 10.2. The number of rotatable bonds is 5. The highest BCUT2D eigenvalue weighted by atomic mass is 32.1. The molecular weight excluding hydrogens is 330 g/mol. The normalized spacial score (nSPS) is 11.0. The number of hydrogen-bond donors (Lipinski definition) is 1. The standard InChI is InChI=1S/C15H17N5O3S/c1-8-11-14(23-4)17-10(7-22-3)18-15(11)24-12(8)13(21)16-9-5-6-20(2)19-9/h5-6H,7H2,1-4H3,(H,16,19,21). The molecule has 0 aliphatic carbocycles. The molecule has 3 heterocycles. The first-order valence-corrected chi connectivity index (χ1v) is 7.99. The fourth-order valence-electron chi connectivity index (χ4n) is 2.36. The van der Waals surface area contributed by atoms with E-state index in [0.29, 0.717) is 27.2 Å². The first-order valence-electron chi connectivity index (χ1n) is 7.17. The van der Waals surface area contributed by atoms with E-state index in [0.717, 1.165) is 10.9 Å². The summed E-state index contributed by atoms with van der Waals surface area (Å²) in [6, 6.07) is 1.73. The predicted molar refractivity (Wildman–Crippen MR) is 90.6 cm³/mol. The van der Waals surface area contributed by atoms with Crippen LogP contribution in [0.5, 0.6) is 5.88 Å². The van der Waals surface area contributed by atoms with Gasteiger partial charge in [0.1, 0.15) is 11.4 Å². The van der Waals surface area contributed by atoms with Crippen molar-refractivity contribution in [1.29, 1.82) is 0 Å². The van der Waals surface area contributed by atoms with Gasteiger partial charge in [-0.05, 0) is 12.5 Å². The molecule has 0 radical (unpaired) electrons. The highest BCUT2D eigenvalue weighted by Crippen LogP contribution is 2.35. The Labute approximate surface area is 142 Å². The largest absolute Gasteiger partial charge is 0.480 e. The molecular formula is C15H17N5O3S. The molecule has 3 aromatic rings. The number of aromatic nitrogens is 4. The summed E-state index contributed by atoms with van der Waals surface area (Å²) in [5.41, 5.74) is 0.782. The third-order valence-corrected chi connectivity index (χ3v) is 4.62. The van der Waals surface area contributed by atoms with Gasteiger partial charge in [0.05, 0.1) is 17.4 Å². The molecule has 0 fully saturated rings. The third kappa shape index (κ3) is 2.95. The maximum Gasteiger partial charge on any atom is 0.267 e. The zero-order chi connectivity index (χ0) is 17.3. The molecule has 0 saturated carbocycles. The summed E-state index contributed by atoms with van der Waals surface area (Å²) in [7, 11) is 4.91. The van der Waals surface area contributed by atoms with Gasteiger partial charge in [-0.15, -0.1) is 11.3 Å². The summed E-state index contributed by atoms with van der Waals surface area (Å²) in [6.45, 7) is 2.13. The molecule has 0 saturated heterocycles. The van der Waals surface area contributed by atoms with Crippen molar-refractivity contribution in [3.63, 3.8) is 0 Å². The van der Waals surface area contributed by atoms with E-state index in [2.05, 4.69) is 20.4 Å². The average Bonchev–Trinajstić information content (AvgIpc) is 3.10. The quantitative estimate of drug-likeness (QED) is 0.760. The predicted octanol–water partition coefficient (Wildman–Crippen LogP) is 2.14. The minimum atomic E-state index is -0.232. The number of nitrogens with zero attached hydrogens (tertiary/aromatic N) is 4. The minimum absolute atomic E-state index is 0.232. The topological polar surface area (TPSA) is 91.2 Å². The second-order valence-corrected chi connectivity index (χ2v) is 6.15. The Morgan fingerprint density at radius 2 is 2.17 bits per heavy atom. The van der Waals surface area contributed by atoms with Crippen LogP contribution in [0.15, 0.2) is 12.3 Å². The van der Waals surface area contributed by atoms with Gasteiger partial charge in [-0.2, -0.15) is 10.1 Å². The van der Waals surface area contributed by atoms with Gasteiger partial charge in [-0.25, -0.2) is 4.98 Å². The summed E-state index contributed by atoms with van der Waals surface area (Å²) in [5.74, 6) is 1.22. The number of nitrogens with one attached hydrogen (secondary N) is 1. The molecule has 126 valence electrons. The molecule has 3 aromatic heterocycles. The number of hydrogen-bond acceptors (Lipinski definition) is 7. The van der Waals surface area contributed by atoms with Gasteiger partial charge < -0.3 is 14.8 Å². The van der Waals surface area contributed by atoms with Crippen LogP contribution in [0.25, 0.3) is 10.2 Å². The van der Waals surface area contributed by atoms with Gasteiger partial charge >= 0.3 is 0 Å². The molecule has 0 aliphatic heterocycles. The number of amides is 1. The lowest BCUT2D eigenvalue weighted by Gasteiger charge is -2.05. The molecule has 24 heavy (non-hydrogen) atoms. The van der Waals surface area contributed by atoms with Crippen molar-refractivity contribution in [3.05, 3.63) is 28.5 Å². The number of thiophene rings is 1. The van der Waals surface area contributed by atoms with E-state index < -0.39 is 0 Å². The van der Waals surface area contributed by atoms with E-state index in [4.69, 9.17) is 9.47 Å². The SMILES string of the molecule is COCc1nc(OC)c2c(C)c(C(=O)Nc3ccn(C)n3)sc2n1. The number of ether oxygens (including phenoxy) is 2. The number of carbonyl (C=O) groups is 1. The highest BCUT2D eigenvalue weighted by molar-refractivity contribution is 7.20. The summed E-state index contributed by atoms with van der Waals surface area (Å²) >= 11 is 1.29. The van der Waals surface area contributed by atoms with Gasteiger partial charge in [0, 0.05) is 26.4 Å². The Bertz CT molecular complexity index is 902. The summed E-state index contributed by atoms with van der Waals surface area (Å²) < 4.78 is 12.1. The van der Waals surface area contributed by atoms with Crippen molar-refractivity contribution in [2.24, 2.45) is 7.05 Å². The number of anilines is 1. The molecule has 0 atom stereocenters. The first kappa shape index (κ1) is 16.3. The monoisotopic (exact) mass is 347 g/mol. The Hall–Kier alpha value is -2.52. The molecule has 1 N–H and O–H groups in total. The van der Waals surface area contributed by atoms with Crippen molar-refractivity contribution in [2.45, 2.75) is 13.5 Å². The maximum atomic E-state index is 12.6. The Morgan fingerprint density at radius 1 is 1.38 bits per heavy atom. The van der Waals surface area contributed by atoms with Crippen LogP contribution in [0, 0.1) is 6.92 Å². The first-order chi connectivity index (χ1) is 11.5. The Balaban J connectivity index is 2.02. The van der Waals surface area contributed by atoms with Crippen LogP contribution >= 0.6 is 11.3 Å². The molecule has 0 spiro atoms. The molecule has 0 unspecified atom stereocenters. The van der Waals surface area contributed by atoms with Crippen LogP contribution in [0.2, 0.25) is 0 Å². The molecule has 0 aliphatic rings. The van der Waals surface area contributed by atoms with Crippen molar-refractivity contribution in [3.8, 4) is 5.88 Å². The van der Waals surface area contributed by atoms with Crippen molar-refractivity contribution in [1.82, 2.24) is 19.7 Å². The third-order valence-electron chi connectivity index (χ3n) is 3.43. The highest BCUT2D eigenvalue weighted by Gasteiger charge is 2.21. The van der Waals surface area contributed by atoms with E-state index in [9.17, 15) is 4.79 Å². The van der Waals surface area contributed by atoms with Crippen molar-refractivity contribution in [2.75, 3.05) is 19.5 Å². The molecule has 9 heteroatoms. The Kier molecular flexibility index (Phi) is 4.45. The van der Waals surface area contributed by atoms with Gasteiger partial charge in [-0.3, -0.25) is 9.48 Å². The lowest BCUT2D eigenvalue weighted by Crippen LogP contribution is -2.12. The second kappa shape index (κ2) is 6.54. The molecule has 0 aromatic carbocycles. The van der Waals surface area contributed by atoms with Crippen molar-refractivity contribution < 1.29 is 14.3 Å². The van der Waals surface area contributed by atoms with E-state index >= 15 is 0 Å². The van der Waals surface area contributed by atoms with Crippen LogP contribution < -0.4 is 10.1 Å². The maximum absolute atomic E-state index is 12.6. The summed E-state index contributed by atoms with van der Waals surface area (Å²) in [5, 5.41) is 7.68. The van der Waals surface area contributed by atoms with Gasteiger partial charge in [0.15, 0.2) is 11.6 Å². The molecule has 1 amide bonds. The Morgan fingerprint density at radius 3 is 2.79 bits per heavy atom. The molecule has 8 nitrogen and oxygen atoms in total.